The molecule has 142 valence electrons. The van der Waals surface area contributed by atoms with E-state index in [1.165, 1.54) is 0 Å². The number of nitrogens with one attached hydrogen (secondary N) is 1. The maximum absolute atomic E-state index is 6.02. The third-order valence-corrected chi connectivity index (χ3v) is 5.26. The molecule has 1 atom stereocenters. The molecule has 1 N–H and O–H groups in total. The van der Waals surface area contributed by atoms with Gasteiger partial charge in [0.2, 0.25) is 5.95 Å². The standard InChI is InChI=1S/C18H23N7O2/c1-11-14-9-19-18-20-15-12(2)25(13-5-3-7-26-10-13)23-17(15)27-8-4-6-24(22-11)16(14)21-18/h9,13H,3-8,10H2,1-2H3,(H,19,20,21). The molecule has 1 unspecified atom stereocenters. The van der Waals surface area contributed by atoms with Crippen LogP contribution in [0.3, 0.4) is 0 Å². The van der Waals surface area contributed by atoms with Gasteiger partial charge in [0.05, 0.1) is 36.0 Å². The van der Waals surface area contributed by atoms with Gasteiger partial charge in [-0.25, -0.2) is 9.67 Å². The Labute approximate surface area is 156 Å². The molecular weight excluding hydrogens is 346 g/mol. The lowest BCUT2D eigenvalue weighted by atomic mass is 10.1. The van der Waals surface area contributed by atoms with Gasteiger partial charge in [0.1, 0.15) is 5.69 Å². The molecule has 0 amide bonds. The van der Waals surface area contributed by atoms with E-state index in [0.717, 1.165) is 60.5 Å². The van der Waals surface area contributed by atoms with Crippen molar-refractivity contribution in [3.63, 3.8) is 0 Å². The molecule has 2 aliphatic heterocycles. The first-order valence-electron chi connectivity index (χ1n) is 9.47. The Morgan fingerprint density at radius 3 is 2.96 bits per heavy atom. The molecule has 9 nitrogen and oxygen atoms in total. The van der Waals surface area contributed by atoms with Crippen LogP contribution in [0.25, 0.3) is 11.0 Å². The highest BCUT2D eigenvalue weighted by atomic mass is 16.5. The highest BCUT2D eigenvalue weighted by molar-refractivity contribution is 5.79. The Morgan fingerprint density at radius 2 is 2.11 bits per heavy atom. The number of hydrogen-bond acceptors (Lipinski definition) is 7. The van der Waals surface area contributed by atoms with E-state index in [9.17, 15) is 0 Å². The molecule has 1 fully saturated rings. The van der Waals surface area contributed by atoms with E-state index in [4.69, 9.17) is 19.6 Å². The largest absolute Gasteiger partial charge is 0.475 e. The maximum atomic E-state index is 6.02. The first-order chi connectivity index (χ1) is 13.2. The Kier molecular flexibility index (Phi) is 3.96. The second-order valence-corrected chi connectivity index (χ2v) is 7.15. The number of hydrogen-bond donors (Lipinski definition) is 1. The van der Waals surface area contributed by atoms with Crippen molar-refractivity contribution >= 4 is 22.7 Å². The highest BCUT2D eigenvalue weighted by Gasteiger charge is 2.25. The van der Waals surface area contributed by atoms with Crippen LogP contribution in [-0.4, -0.2) is 49.3 Å². The second kappa shape index (κ2) is 6.49. The predicted octanol–water partition coefficient (Wildman–Crippen LogP) is 2.52. The Morgan fingerprint density at radius 1 is 1.19 bits per heavy atom. The van der Waals surface area contributed by atoms with Crippen molar-refractivity contribution in [3.05, 3.63) is 17.6 Å². The highest BCUT2D eigenvalue weighted by Crippen LogP contribution is 2.34. The third kappa shape index (κ3) is 2.82. The van der Waals surface area contributed by atoms with Crippen LogP contribution in [-0.2, 0) is 11.3 Å². The summed E-state index contributed by atoms with van der Waals surface area (Å²) in [6.45, 7) is 6.84. The van der Waals surface area contributed by atoms with Crippen molar-refractivity contribution in [2.45, 2.75) is 45.7 Å². The van der Waals surface area contributed by atoms with Crippen molar-refractivity contribution < 1.29 is 9.47 Å². The van der Waals surface area contributed by atoms with E-state index >= 15 is 0 Å². The van der Waals surface area contributed by atoms with Crippen LogP contribution < -0.4 is 10.1 Å². The van der Waals surface area contributed by atoms with Crippen molar-refractivity contribution in [2.24, 2.45) is 0 Å². The zero-order valence-corrected chi connectivity index (χ0v) is 15.6. The fourth-order valence-corrected chi connectivity index (χ4v) is 3.83. The molecule has 5 heterocycles. The van der Waals surface area contributed by atoms with Crippen LogP contribution in [0.5, 0.6) is 5.88 Å². The summed E-state index contributed by atoms with van der Waals surface area (Å²) in [4.78, 5) is 9.18. The molecule has 0 aromatic carbocycles. The van der Waals surface area contributed by atoms with Crippen molar-refractivity contribution in [1.82, 2.24) is 29.5 Å². The molecule has 0 aliphatic carbocycles. The fraction of sp³-hybridized carbons (Fsp3) is 0.556. The number of aryl methyl sites for hydroxylation is 2. The SMILES string of the molecule is Cc1nn2c3nc(ncc13)Nc1c(nn(C3CCCOC3)c1C)OCCC2. The third-order valence-electron chi connectivity index (χ3n) is 5.26. The van der Waals surface area contributed by atoms with E-state index in [2.05, 4.69) is 15.4 Å². The molecule has 2 aliphatic rings. The zero-order valence-electron chi connectivity index (χ0n) is 15.6. The van der Waals surface area contributed by atoms with Gasteiger partial charge in [-0.3, -0.25) is 4.68 Å². The van der Waals surface area contributed by atoms with Gasteiger partial charge in [0.25, 0.3) is 5.88 Å². The summed E-state index contributed by atoms with van der Waals surface area (Å²) in [5.74, 6) is 1.12. The molecule has 0 saturated carbocycles. The number of fused-ring (bicyclic) bond motifs is 2. The van der Waals surface area contributed by atoms with Crippen molar-refractivity contribution in [3.8, 4) is 5.88 Å². The molecule has 9 heteroatoms. The number of ether oxygens (including phenoxy) is 2. The average Bonchev–Trinajstić information content (AvgIpc) is 3.16. The van der Waals surface area contributed by atoms with Crippen LogP contribution >= 0.6 is 0 Å². The molecule has 2 bridgehead atoms. The molecule has 0 radical (unpaired) electrons. The number of rotatable bonds is 1. The minimum atomic E-state index is 0.233. The molecule has 5 rings (SSSR count). The summed E-state index contributed by atoms with van der Waals surface area (Å²) in [6.07, 6.45) is 4.76. The van der Waals surface area contributed by atoms with Crippen LogP contribution in [0.2, 0.25) is 0 Å². The minimum Gasteiger partial charge on any atom is -0.475 e. The second-order valence-electron chi connectivity index (χ2n) is 7.15. The summed E-state index contributed by atoms with van der Waals surface area (Å²) in [7, 11) is 0. The van der Waals surface area contributed by atoms with E-state index in [-0.39, 0.29) is 6.04 Å². The lowest BCUT2D eigenvalue weighted by Gasteiger charge is -2.23. The first-order valence-corrected chi connectivity index (χ1v) is 9.47. The van der Waals surface area contributed by atoms with Gasteiger partial charge >= 0.3 is 0 Å². The Bertz CT molecular complexity index is 987. The van der Waals surface area contributed by atoms with E-state index in [1.54, 1.807) is 0 Å². The van der Waals surface area contributed by atoms with Gasteiger partial charge in [-0.1, -0.05) is 0 Å². The van der Waals surface area contributed by atoms with Gasteiger partial charge in [0, 0.05) is 25.8 Å². The summed E-state index contributed by atoms with van der Waals surface area (Å²) >= 11 is 0. The molecule has 3 aromatic rings. The monoisotopic (exact) mass is 369 g/mol. The van der Waals surface area contributed by atoms with Crippen LogP contribution in [0.1, 0.15) is 36.7 Å². The number of anilines is 2. The zero-order chi connectivity index (χ0) is 18.4. The minimum absolute atomic E-state index is 0.233. The van der Waals surface area contributed by atoms with Crippen molar-refractivity contribution in [1.29, 1.82) is 0 Å². The topological polar surface area (TPSA) is 91.9 Å². The summed E-state index contributed by atoms with van der Waals surface area (Å²) in [5.41, 5.74) is 3.62. The maximum Gasteiger partial charge on any atom is 0.257 e. The smallest absolute Gasteiger partial charge is 0.257 e. The first kappa shape index (κ1) is 16.5. The number of aromatic nitrogens is 6. The normalized spacial score (nSPS) is 20.0. The Hall–Kier alpha value is -2.68. The van der Waals surface area contributed by atoms with E-state index in [1.807, 2.05) is 29.4 Å². The van der Waals surface area contributed by atoms with Gasteiger partial charge < -0.3 is 14.8 Å². The van der Waals surface area contributed by atoms with E-state index < -0.39 is 0 Å². The molecule has 3 aromatic heterocycles. The van der Waals surface area contributed by atoms with Crippen LogP contribution in [0.15, 0.2) is 6.20 Å². The van der Waals surface area contributed by atoms with Gasteiger partial charge in [-0.2, -0.15) is 10.1 Å². The van der Waals surface area contributed by atoms with Gasteiger partial charge in [-0.05, 0) is 26.7 Å². The lowest BCUT2D eigenvalue weighted by Crippen LogP contribution is -2.23. The molecule has 0 spiro atoms. The van der Waals surface area contributed by atoms with Gasteiger partial charge in [0.15, 0.2) is 5.65 Å². The quantitative estimate of drug-likeness (QED) is 0.704. The van der Waals surface area contributed by atoms with Crippen molar-refractivity contribution in [2.75, 3.05) is 25.1 Å². The van der Waals surface area contributed by atoms with Crippen LogP contribution in [0.4, 0.5) is 11.6 Å². The average molecular weight is 369 g/mol. The molecule has 1 saturated heterocycles. The Balaban J connectivity index is 1.57. The van der Waals surface area contributed by atoms with Gasteiger partial charge in [-0.15, -0.1) is 5.10 Å². The number of nitrogens with zero attached hydrogens (tertiary/aromatic N) is 6. The molecule has 27 heavy (non-hydrogen) atoms. The molecular formula is C18H23N7O2. The van der Waals surface area contributed by atoms with E-state index in [0.29, 0.717) is 25.0 Å². The predicted molar refractivity (Wildman–Crippen MR) is 99.5 cm³/mol. The summed E-state index contributed by atoms with van der Waals surface area (Å²) in [5, 5.41) is 13.6. The van der Waals surface area contributed by atoms with Crippen LogP contribution in [0, 0.1) is 13.8 Å². The fourth-order valence-electron chi connectivity index (χ4n) is 3.83. The lowest BCUT2D eigenvalue weighted by molar-refractivity contribution is 0.0537. The summed E-state index contributed by atoms with van der Waals surface area (Å²) in [6, 6.07) is 0.233. The summed E-state index contributed by atoms with van der Waals surface area (Å²) < 4.78 is 15.6.